The van der Waals surface area contributed by atoms with Gasteiger partial charge in [-0.05, 0) is 54.8 Å². The normalized spacial score (nSPS) is 28.6. The van der Waals surface area contributed by atoms with Crippen molar-refractivity contribution in [2.75, 3.05) is 24.7 Å². The Kier molecular flexibility index (Phi) is 17.3. The molecule has 2 bridgehead atoms. The number of benzene rings is 3. The van der Waals surface area contributed by atoms with Crippen LogP contribution in [0.5, 0.6) is 0 Å². The second kappa shape index (κ2) is 22.9. The van der Waals surface area contributed by atoms with Gasteiger partial charge in [0.15, 0.2) is 11.7 Å². The lowest BCUT2D eigenvalue weighted by Gasteiger charge is -2.67. The number of rotatable bonds is 18. The fraction of sp³-hybridized carbons (Fsp3) is 0.481. The van der Waals surface area contributed by atoms with Gasteiger partial charge < -0.3 is 54.4 Å². The van der Waals surface area contributed by atoms with Crippen LogP contribution in [-0.2, 0) is 52.4 Å². The molecule has 2 amide bonds. The third kappa shape index (κ3) is 11.2. The number of hydrogen-bond acceptors (Lipinski definition) is 18. The number of aliphatic hydroxyl groups excluding tert-OH is 1. The van der Waals surface area contributed by atoms with Gasteiger partial charge in [-0.15, -0.1) is 0 Å². The Labute approximate surface area is 441 Å². The van der Waals surface area contributed by atoms with E-state index in [0.29, 0.717) is 16.7 Å². The summed E-state index contributed by atoms with van der Waals surface area (Å²) in [6.45, 7) is 9.88. The Bertz CT molecular complexity index is 2690. The first-order chi connectivity index (χ1) is 35.5. The number of fused-ring (bicyclic) bond motifs is 5. The van der Waals surface area contributed by atoms with Crippen molar-refractivity contribution in [2.24, 2.45) is 22.7 Å². The molecule has 0 spiro atoms. The number of carboxylic acids is 1. The van der Waals surface area contributed by atoms with Crippen LogP contribution in [0.4, 0.5) is 4.79 Å². The number of esters is 3. The maximum atomic E-state index is 16.0. The molecule has 0 radical (unpaired) electrons. The Balaban J connectivity index is 1.27. The van der Waals surface area contributed by atoms with Crippen molar-refractivity contribution in [1.29, 1.82) is 0 Å². The summed E-state index contributed by atoms with van der Waals surface area (Å²) < 4.78 is 36.6. The molecule has 21 heteroatoms. The Morgan fingerprint density at radius 1 is 0.840 bits per heavy atom. The van der Waals surface area contributed by atoms with Crippen molar-refractivity contribution in [3.05, 3.63) is 119 Å². The number of Topliss-reactive ketones (excluding diaryl/α,β-unsaturated/α-hetero) is 1. The smallest absolute Gasteiger partial charge is 0.480 e. The third-order valence-electron chi connectivity index (χ3n) is 15.1. The molecule has 3 aliphatic carbocycles. The third-order valence-corrected chi connectivity index (χ3v) is 17.5. The quantitative estimate of drug-likeness (QED) is 0.0342. The number of ether oxygens (including phenoxy) is 6. The molecule has 1 saturated heterocycles. The van der Waals surface area contributed by atoms with Crippen LogP contribution in [0, 0.1) is 22.7 Å². The van der Waals surface area contributed by atoms with Crippen LogP contribution in [0.25, 0.3) is 0 Å². The summed E-state index contributed by atoms with van der Waals surface area (Å²) in [5.41, 5.74) is -6.30. The maximum absolute atomic E-state index is 16.0. The molecule has 402 valence electrons. The van der Waals surface area contributed by atoms with Crippen LogP contribution in [0.1, 0.15) is 93.6 Å². The zero-order chi connectivity index (χ0) is 54.6. The molecule has 4 aliphatic rings. The van der Waals surface area contributed by atoms with Gasteiger partial charge in [-0.2, -0.15) is 0 Å². The van der Waals surface area contributed by atoms with Gasteiger partial charge in [-0.25, -0.2) is 19.2 Å². The van der Waals surface area contributed by atoms with Gasteiger partial charge in [0.2, 0.25) is 5.91 Å². The van der Waals surface area contributed by atoms with Gasteiger partial charge >= 0.3 is 30.0 Å². The highest BCUT2D eigenvalue weighted by molar-refractivity contribution is 8.76. The van der Waals surface area contributed by atoms with Crippen LogP contribution >= 0.6 is 21.6 Å². The number of aliphatic hydroxyl groups is 2. The maximum Gasteiger partial charge on any atom is 0.508 e. The molecule has 0 aromatic heterocycles. The lowest BCUT2D eigenvalue weighted by molar-refractivity contribution is -0.345. The average Bonchev–Trinajstić information content (AvgIpc) is 3.37. The van der Waals surface area contributed by atoms with Crippen LogP contribution in [0.15, 0.2) is 102 Å². The molecule has 1 aliphatic heterocycles. The molecular weight excluding hydrogens is 1010 g/mol. The van der Waals surface area contributed by atoms with Crippen molar-refractivity contribution in [3.63, 3.8) is 0 Å². The summed E-state index contributed by atoms with van der Waals surface area (Å²) in [7, 11) is 2.30. The van der Waals surface area contributed by atoms with E-state index in [0.717, 1.165) is 17.7 Å². The Hall–Kier alpha value is -6.26. The second-order valence-electron chi connectivity index (χ2n) is 20.0. The molecule has 3 fully saturated rings. The van der Waals surface area contributed by atoms with Crippen LogP contribution < -0.4 is 10.6 Å². The predicted octanol–water partition coefficient (Wildman–Crippen LogP) is 5.57. The Morgan fingerprint density at radius 2 is 1.45 bits per heavy atom. The molecule has 12 atom stereocenters. The number of hydrogen-bond donors (Lipinski definition) is 5. The summed E-state index contributed by atoms with van der Waals surface area (Å²) >= 11 is 0. The van der Waals surface area contributed by atoms with E-state index >= 15 is 4.79 Å². The number of carbonyl (C=O) groups is 8. The number of amides is 2. The van der Waals surface area contributed by atoms with E-state index in [1.54, 1.807) is 107 Å². The fourth-order valence-electron chi connectivity index (χ4n) is 11.5. The van der Waals surface area contributed by atoms with E-state index in [-0.39, 0.29) is 42.3 Å². The standard InChI is InChI=1S/C54H62N2O17S2/c1-29-37(70-49(65)42(59)41(33-17-11-8-12-18-33)56-46(61)34-19-13-9-14-20-34)26-54(67)45(72-48(64)35-21-15-10-16-22-35)43-52(7,44(60)30(2)40(29)51(54,5)6)38(25-39-53(43,28-69-39)73-32(4)58)71-50(66)68-23-24-74-75-27-36(47(62)63)55-31(3)57/h8-22,30,36-39,41-43,45,59,67H,23-28H2,1-7H3,(H,55,57)(H,56,61)(H,62,63)/t30-,36+,37+,38+,39-,41+,42-,43?,45?,52-,53+,54-/m1/s1. The van der Waals surface area contributed by atoms with Gasteiger partial charge in [0.25, 0.3) is 5.91 Å². The molecule has 1 heterocycles. The lowest BCUT2D eigenvalue weighted by Crippen LogP contribution is -2.81. The highest BCUT2D eigenvalue weighted by Gasteiger charge is 2.78. The number of ketones is 1. The zero-order valence-corrected chi connectivity index (χ0v) is 44.1. The number of aliphatic carboxylic acids is 1. The van der Waals surface area contributed by atoms with E-state index in [9.17, 15) is 48.9 Å². The number of nitrogens with one attached hydrogen (secondary N) is 2. The largest absolute Gasteiger partial charge is 0.508 e. The van der Waals surface area contributed by atoms with Gasteiger partial charge in [0, 0.05) is 55.1 Å². The predicted molar refractivity (Wildman–Crippen MR) is 272 cm³/mol. The minimum absolute atomic E-state index is 0.0153. The Morgan fingerprint density at radius 3 is 2.03 bits per heavy atom. The first-order valence-electron chi connectivity index (χ1n) is 24.4. The van der Waals surface area contributed by atoms with E-state index < -0.39 is 131 Å². The first-order valence-corrected chi connectivity index (χ1v) is 26.9. The van der Waals surface area contributed by atoms with E-state index in [1.807, 2.05) is 0 Å². The van der Waals surface area contributed by atoms with Crippen molar-refractivity contribution < 1.29 is 82.1 Å². The zero-order valence-electron chi connectivity index (χ0n) is 42.5. The van der Waals surface area contributed by atoms with Crippen LogP contribution in [0.2, 0.25) is 0 Å². The molecule has 75 heavy (non-hydrogen) atoms. The van der Waals surface area contributed by atoms with Gasteiger partial charge in [-0.1, -0.05) is 109 Å². The molecular formula is C54H62N2O17S2. The molecule has 19 nitrogen and oxygen atoms in total. The minimum atomic E-state index is -2.34. The lowest BCUT2D eigenvalue weighted by atomic mass is 9.43. The summed E-state index contributed by atoms with van der Waals surface area (Å²) in [6, 6.07) is 21.9. The first kappa shape index (κ1) is 56.5. The molecule has 3 aromatic rings. The summed E-state index contributed by atoms with van der Waals surface area (Å²) in [4.78, 5) is 109. The van der Waals surface area contributed by atoms with Crippen LogP contribution in [0.3, 0.4) is 0 Å². The van der Waals surface area contributed by atoms with Crippen molar-refractivity contribution in [1.82, 2.24) is 10.6 Å². The van der Waals surface area contributed by atoms with Gasteiger partial charge in [0.05, 0.1) is 29.5 Å². The van der Waals surface area contributed by atoms with Crippen molar-refractivity contribution >= 4 is 69.2 Å². The van der Waals surface area contributed by atoms with Gasteiger partial charge in [0.1, 0.15) is 48.4 Å². The fourth-order valence-corrected chi connectivity index (χ4v) is 13.5. The molecule has 3 aromatic carbocycles. The monoisotopic (exact) mass is 1070 g/mol. The minimum Gasteiger partial charge on any atom is -0.480 e. The van der Waals surface area contributed by atoms with Gasteiger partial charge in [-0.3, -0.25) is 19.2 Å². The molecule has 2 unspecified atom stereocenters. The SMILES string of the molecule is CC(=O)N[C@@H](CSSCCOC(=O)O[C@H]1C[C@H]2OC[C@@]2(OC(C)=O)C2C(OC(=O)c3ccccc3)[C@]3(O)C[C@H](OC(=O)[C@H](O)[C@@H](NC(=O)c4ccccc4)c4ccccc4)C(C)=C([C@@H](C)C(=O)[C@@]21C)C3(C)C)C(=O)O. The molecule has 5 N–H and O–H groups in total. The average molecular weight is 1080 g/mol. The van der Waals surface area contributed by atoms with Crippen molar-refractivity contribution in [3.8, 4) is 0 Å². The summed E-state index contributed by atoms with van der Waals surface area (Å²) in [5.74, 6) is -8.35. The van der Waals surface area contributed by atoms with E-state index in [2.05, 4.69) is 10.6 Å². The van der Waals surface area contributed by atoms with Crippen molar-refractivity contribution in [2.45, 2.75) is 115 Å². The van der Waals surface area contributed by atoms with E-state index in [1.165, 1.54) is 36.8 Å². The second-order valence-corrected chi connectivity index (χ2v) is 22.6. The topological polar surface area (TPSA) is 277 Å². The summed E-state index contributed by atoms with van der Waals surface area (Å²) in [5, 5.41) is 40.4. The van der Waals surface area contributed by atoms with E-state index in [4.69, 9.17) is 28.4 Å². The number of carbonyl (C=O) groups excluding carboxylic acids is 7. The van der Waals surface area contributed by atoms with Crippen LogP contribution in [-0.4, -0.2) is 135 Å². The number of carboxylic acid groups (broad SMARTS) is 1. The molecule has 2 saturated carbocycles. The highest BCUT2D eigenvalue weighted by Crippen LogP contribution is 2.65. The molecule has 7 rings (SSSR count). The highest BCUT2D eigenvalue weighted by atomic mass is 33.1. The summed E-state index contributed by atoms with van der Waals surface area (Å²) in [6.07, 6.45) is -9.69.